The second-order valence-electron chi connectivity index (χ2n) is 21.5. The molecule has 0 fully saturated rings. The molecule has 8 rings (SSSR count). The Kier molecular flexibility index (Phi) is 33.0. The summed E-state index contributed by atoms with van der Waals surface area (Å²) in [6.45, 7) is 45.0. The first kappa shape index (κ1) is 70.1. The van der Waals surface area contributed by atoms with Crippen molar-refractivity contribution < 1.29 is 71.5 Å². The summed E-state index contributed by atoms with van der Waals surface area (Å²) in [6.07, 6.45) is 15.1. The van der Waals surface area contributed by atoms with Crippen molar-refractivity contribution in [1.29, 1.82) is 0 Å². The summed E-state index contributed by atoms with van der Waals surface area (Å²) in [6, 6.07) is 27.7. The molecule has 0 spiro atoms. The van der Waals surface area contributed by atoms with E-state index in [2.05, 4.69) is 210 Å². The largest absolute Gasteiger partial charge is 1.00 e. The molecule has 0 N–H and O–H groups in total. The van der Waals surface area contributed by atoms with Crippen LogP contribution in [0.4, 0.5) is 0 Å². The quantitative estimate of drug-likeness (QED) is 0.0845. The first-order valence-corrected chi connectivity index (χ1v) is 40.1. The van der Waals surface area contributed by atoms with E-state index in [1.165, 1.54) is 209 Å². The molecule has 74 heavy (non-hydrogen) atoms. The first-order chi connectivity index (χ1) is 34.1. The summed E-state index contributed by atoms with van der Waals surface area (Å²) in [4.78, 5) is 0. The van der Waals surface area contributed by atoms with Crippen LogP contribution < -0.4 is 24.8 Å². The Labute approximate surface area is 496 Å². The molecule has 0 bridgehead atoms. The molecule has 0 aliphatic rings. The van der Waals surface area contributed by atoms with E-state index >= 15 is 0 Å². The Morgan fingerprint density at radius 1 is 0.324 bits per heavy atom. The van der Waals surface area contributed by atoms with Crippen LogP contribution in [0.15, 0.2) is 72.8 Å². The fourth-order valence-corrected chi connectivity index (χ4v) is 9.98. The first-order valence-electron chi connectivity index (χ1n) is 27.7. The molecule has 0 aliphatic heterocycles. The Hall–Kier alpha value is -1.90. The van der Waals surface area contributed by atoms with Gasteiger partial charge in [0.25, 0.3) is 0 Å². The van der Waals surface area contributed by atoms with Gasteiger partial charge in [-0.25, -0.2) is 0 Å². The predicted octanol–water partition coefficient (Wildman–Crippen LogP) is 14.9. The third-order valence-corrected chi connectivity index (χ3v) is 14.7. The van der Waals surface area contributed by atoms with Crippen LogP contribution in [0.25, 0.3) is 43.1 Å². The van der Waals surface area contributed by atoms with Gasteiger partial charge < -0.3 is 24.8 Å². The summed E-state index contributed by atoms with van der Waals surface area (Å²) >= 11 is 3.48. The van der Waals surface area contributed by atoms with Crippen molar-refractivity contribution in [3.8, 4) is 0 Å². The topological polar surface area (TPSA) is 0 Å². The summed E-state index contributed by atoms with van der Waals surface area (Å²) in [5.74, 6) is 0. The number of halogens is 2. The molecule has 0 aliphatic carbocycles. The number of unbranched alkanes of at least 4 members (excludes halogenated alkanes) is 4. The Balaban J connectivity index is 0.000000466. The molecule has 0 heterocycles. The van der Waals surface area contributed by atoms with Crippen LogP contribution in [0, 0.1) is 83.1 Å². The number of benzene rings is 4. The third kappa shape index (κ3) is 19.8. The maximum atomic E-state index is 2.34. The molecule has 0 atom stereocenters. The smallest absolute Gasteiger partial charge is 1.00 e. The van der Waals surface area contributed by atoms with E-state index in [-0.39, 0.29) is 35.7 Å². The Morgan fingerprint density at radius 3 is 0.635 bits per heavy atom. The van der Waals surface area contributed by atoms with Gasteiger partial charge in [-0.3, -0.25) is 0 Å². The van der Waals surface area contributed by atoms with Gasteiger partial charge in [-0.15, -0.1) is 136 Å². The van der Waals surface area contributed by atoms with Crippen molar-refractivity contribution in [3.05, 3.63) is 162 Å². The van der Waals surface area contributed by atoms with Gasteiger partial charge in [0.05, 0.1) is 0 Å². The molecule has 0 radical (unpaired) electrons. The second-order valence-corrected chi connectivity index (χ2v) is 40.3. The van der Waals surface area contributed by atoms with Crippen molar-refractivity contribution in [1.82, 2.24) is 0 Å². The monoisotopic (exact) mass is 1220 g/mol. The zero-order valence-corrected chi connectivity index (χ0v) is 58.6. The molecule has 0 saturated heterocycles. The van der Waals surface area contributed by atoms with Gasteiger partial charge in [0.15, 0.2) is 0 Å². The summed E-state index contributed by atoms with van der Waals surface area (Å²) < 4.78 is 0. The van der Waals surface area contributed by atoms with Crippen LogP contribution in [0.2, 0.25) is 26.2 Å². The third-order valence-electron chi connectivity index (χ3n) is 14.7. The molecule has 0 nitrogen and oxygen atoms in total. The molecule has 0 unspecified atom stereocenters. The normalized spacial score (nSPS) is 10.5. The second kappa shape index (κ2) is 34.9. The molecule has 6 heteroatoms. The zero-order valence-electron chi connectivity index (χ0n) is 50.2. The van der Waals surface area contributed by atoms with Gasteiger partial charge in [0, 0.05) is 0 Å². The van der Waals surface area contributed by atoms with Crippen molar-refractivity contribution in [2.45, 2.75) is 214 Å². The van der Waals surface area contributed by atoms with E-state index in [0.29, 0.717) is 0 Å². The molecule has 0 amide bonds. The number of hydrogen-bond acceptors (Lipinski definition) is 0. The average Bonchev–Trinajstić information content (AvgIpc) is 4.03. The minimum absolute atomic E-state index is 0. The fourth-order valence-electron chi connectivity index (χ4n) is 9.98. The molecule has 8 aromatic carbocycles. The summed E-state index contributed by atoms with van der Waals surface area (Å²) in [5.41, 5.74) is 23.8. The van der Waals surface area contributed by atoms with E-state index in [1.54, 1.807) is 46.7 Å². The van der Waals surface area contributed by atoms with Crippen LogP contribution in [0.3, 0.4) is 0 Å². The summed E-state index contributed by atoms with van der Waals surface area (Å²) in [5, 5.41) is 11.9. The van der Waals surface area contributed by atoms with E-state index in [1.807, 2.05) is 0 Å². The predicted molar refractivity (Wildman–Crippen MR) is 324 cm³/mol. The van der Waals surface area contributed by atoms with Gasteiger partial charge in [-0.05, 0) is 25.7 Å². The van der Waals surface area contributed by atoms with Crippen LogP contribution in [-0.2, 0) is 72.4 Å². The number of hydrogen-bond donors (Lipinski definition) is 0. The van der Waals surface area contributed by atoms with E-state index in [9.17, 15) is 0 Å². The van der Waals surface area contributed by atoms with E-state index in [0.717, 1.165) is 0 Å². The minimum Gasteiger partial charge on any atom is -1.00 e. The van der Waals surface area contributed by atoms with E-state index in [4.69, 9.17) is 0 Å². The van der Waals surface area contributed by atoms with Gasteiger partial charge in [0.2, 0.25) is 0 Å². The average molecular weight is 1220 g/mol. The van der Waals surface area contributed by atoms with Gasteiger partial charge in [-0.1, -0.05) is 209 Å². The SMILES string of the molecule is CCCCc1ccc(C)c2[cH-]c(C)c(C)c12.CCCCc1ccc(C)c2[cH-]c(C)c(C)c12.CCCCc1ccc(C)c2[cH-]c(C)c(C)c12.CCCCc1ccc(C)c2[cH-]c(C)c(C)c12.C[Si](C)=[Zr+2].C[Si](C)=[Zr+2].[Cl-].[Cl-]. The van der Waals surface area contributed by atoms with Crippen LogP contribution >= 0.6 is 0 Å². The Bertz CT molecular complexity index is 2610. The van der Waals surface area contributed by atoms with E-state index < -0.39 is 0 Å². The molecule has 0 saturated carbocycles. The fraction of sp³-hybridized carbons (Fsp3) is 0.471. The Morgan fingerprint density at radius 2 is 0.486 bits per heavy atom. The van der Waals surface area contributed by atoms with Gasteiger partial charge in [0.1, 0.15) is 0 Å². The zero-order chi connectivity index (χ0) is 54.0. The van der Waals surface area contributed by atoms with Crippen molar-refractivity contribution in [2.24, 2.45) is 0 Å². The molecular formula is C68H96Cl2Si2Zr2-2. The minimum atomic E-state index is 0. The standard InChI is InChI=1S/4C16H21.2C2H6Si.2ClH.2Zr/c4*1-5-6-7-14-9-8-11(2)15-10-12(3)13(4)16(14)15;2*1-3-2;;;;/h4*8-10H,5-7H2,1-4H3;2*1-2H3;2*1H;;/q4*-1;;;;;2*+2/p-2. The number of rotatable bonds is 12. The summed E-state index contributed by atoms with van der Waals surface area (Å²) in [7, 11) is 0. The van der Waals surface area contributed by atoms with Gasteiger partial charge in [-0.2, -0.15) is 22.3 Å². The maximum absolute atomic E-state index is 2.34. The number of fused-ring (bicyclic) bond motifs is 4. The van der Waals surface area contributed by atoms with Crippen LogP contribution in [-0.4, -0.2) is 10.9 Å². The van der Waals surface area contributed by atoms with Crippen molar-refractivity contribution in [3.63, 3.8) is 0 Å². The van der Waals surface area contributed by atoms with Crippen LogP contribution in [0.1, 0.15) is 168 Å². The number of aryl methyl sites for hydroxylation is 16. The molecular weight excluding hydrogens is 1130 g/mol. The van der Waals surface area contributed by atoms with Gasteiger partial charge >= 0.3 is 83.7 Å². The van der Waals surface area contributed by atoms with Crippen LogP contribution in [0.5, 0.6) is 0 Å². The molecule has 8 aromatic rings. The molecule has 400 valence electrons. The van der Waals surface area contributed by atoms with Crippen molar-refractivity contribution in [2.75, 3.05) is 0 Å². The molecule has 0 aromatic heterocycles. The van der Waals surface area contributed by atoms with Crippen molar-refractivity contribution >= 4 is 54.0 Å². The maximum Gasteiger partial charge on any atom is -1.00 e.